The molecule has 0 saturated heterocycles. The van der Waals surface area contributed by atoms with Crippen molar-refractivity contribution in [3.8, 4) is 55.6 Å². The third kappa shape index (κ3) is 5.30. The number of rotatable bonds is 5. The quantitative estimate of drug-likeness (QED) is 0.167. The Kier molecular flexibility index (Phi) is 7.21. The first-order valence-electron chi connectivity index (χ1n) is 18.8. The van der Waals surface area contributed by atoms with Gasteiger partial charge in [-0.25, -0.2) is 0 Å². The summed E-state index contributed by atoms with van der Waals surface area (Å²) in [7, 11) is 0. The van der Waals surface area contributed by atoms with Crippen LogP contribution in [0, 0.1) is 0 Å². The zero-order valence-electron chi connectivity index (χ0n) is 29.9. The highest BCUT2D eigenvalue weighted by molar-refractivity contribution is 6.25. The Morgan fingerprint density at radius 2 is 0.673 bits per heavy atom. The lowest BCUT2D eigenvalue weighted by molar-refractivity contribution is 0.669. The average Bonchev–Trinajstić information content (AvgIpc) is 3.66. The average molecular weight is 700 g/mol. The molecule has 0 spiro atoms. The molecule has 0 amide bonds. The fourth-order valence-corrected chi connectivity index (χ4v) is 8.43. The van der Waals surface area contributed by atoms with E-state index in [0.29, 0.717) is 0 Å². The Hall–Kier alpha value is -7.29. The van der Waals surface area contributed by atoms with Crippen molar-refractivity contribution >= 4 is 54.3 Å². The van der Waals surface area contributed by atoms with E-state index in [1.54, 1.807) is 0 Å². The maximum absolute atomic E-state index is 6.35. The van der Waals surface area contributed by atoms with Gasteiger partial charge in [-0.2, -0.15) is 0 Å². The van der Waals surface area contributed by atoms with Gasteiger partial charge in [0.2, 0.25) is 0 Å². The molecule has 0 aliphatic rings. The molecule has 0 aliphatic carbocycles. The summed E-state index contributed by atoms with van der Waals surface area (Å²) in [4.78, 5) is 4.60. The maximum Gasteiger partial charge on any atom is 0.146 e. The van der Waals surface area contributed by atoms with E-state index in [1.165, 1.54) is 65.7 Å². The summed E-state index contributed by atoms with van der Waals surface area (Å²) < 4.78 is 6.35. The van der Waals surface area contributed by atoms with Crippen LogP contribution >= 0.6 is 0 Å². The van der Waals surface area contributed by atoms with Gasteiger partial charge in [0.15, 0.2) is 0 Å². The van der Waals surface area contributed by atoms with Crippen LogP contribution in [0.3, 0.4) is 0 Å². The van der Waals surface area contributed by atoms with Crippen LogP contribution in [-0.2, 0) is 0 Å². The number of benzene rings is 9. The summed E-state index contributed by atoms with van der Waals surface area (Å²) in [5, 5.41) is 9.87. The second kappa shape index (κ2) is 12.7. The Balaban J connectivity index is 0.936. The van der Waals surface area contributed by atoms with Crippen molar-refractivity contribution in [3.63, 3.8) is 0 Å². The first-order chi connectivity index (χ1) is 27.2. The predicted octanol–water partition coefficient (Wildman–Crippen LogP) is 14.8. The van der Waals surface area contributed by atoms with E-state index < -0.39 is 0 Å². The molecule has 0 radical (unpaired) electrons. The van der Waals surface area contributed by atoms with Crippen LogP contribution < -0.4 is 0 Å². The Bertz CT molecular complexity index is 3240. The second-order valence-electron chi connectivity index (χ2n) is 14.3. The monoisotopic (exact) mass is 699 g/mol. The number of hydrogen-bond acceptors (Lipinski definition) is 2. The molecule has 11 aromatic rings. The van der Waals surface area contributed by atoms with Gasteiger partial charge in [-0.3, -0.25) is 4.98 Å². The van der Waals surface area contributed by atoms with Gasteiger partial charge in [-0.1, -0.05) is 152 Å². The molecule has 0 N–H and O–H groups in total. The lowest BCUT2D eigenvalue weighted by atomic mass is 9.91. The molecule has 2 heterocycles. The predicted molar refractivity (Wildman–Crippen MR) is 231 cm³/mol. The SMILES string of the molecule is c1cc(-c2cccc(-c3cccc(-c4cncc5c4oc4ccccc45)c3)c2)cc(-c2cccc(-c3ccc4c5ccccc5c5ccccc5c4c3)c2)c1. The van der Waals surface area contributed by atoms with Gasteiger partial charge in [-0.05, 0) is 119 Å². The molecule has 55 heavy (non-hydrogen) atoms. The third-order valence-corrected chi connectivity index (χ3v) is 11.1. The minimum Gasteiger partial charge on any atom is -0.455 e. The van der Waals surface area contributed by atoms with Crippen LogP contribution in [0.25, 0.3) is 110 Å². The highest BCUT2D eigenvalue weighted by atomic mass is 16.3. The second-order valence-corrected chi connectivity index (χ2v) is 14.3. The Labute approximate surface area is 318 Å². The lowest BCUT2D eigenvalue weighted by Crippen LogP contribution is -1.87. The van der Waals surface area contributed by atoms with Crippen molar-refractivity contribution in [2.24, 2.45) is 0 Å². The number of hydrogen-bond donors (Lipinski definition) is 0. The van der Waals surface area contributed by atoms with Crippen LogP contribution in [0.15, 0.2) is 205 Å². The Morgan fingerprint density at radius 3 is 1.20 bits per heavy atom. The van der Waals surface area contributed by atoms with E-state index >= 15 is 0 Å². The van der Waals surface area contributed by atoms with Crippen LogP contribution in [0.1, 0.15) is 0 Å². The fourth-order valence-electron chi connectivity index (χ4n) is 8.43. The number of furan rings is 1. The van der Waals surface area contributed by atoms with Crippen LogP contribution in [0.4, 0.5) is 0 Å². The van der Waals surface area contributed by atoms with Gasteiger partial charge < -0.3 is 4.42 Å². The minimum absolute atomic E-state index is 0.866. The van der Waals surface area contributed by atoms with Gasteiger partial charge in [0.1, 0.15) is 11.2 Å². The minimum atomic E-state index is 0.866. The maximum atomic E-state index is 6.35. The first-order valence-corrected chi connectivity index (χ1v) is 18.8. The molecular formula is C53H33NO. The molecule has 0 unspecified atom stereocenters. The first kappa shape index (κ1) is 31.3. The third-order valence-electron chi connectivity index (χ3n) is 11.1. The van der Waals surface area contributed by atoms with Crippen molar-refractivity contribution in [3.05, 3.63) is 200 Å². The largest absolute Gasteiger partial charge is 0.455 e. The number of aromatic nitrogens is 1. The summed E-state index contributed by atoms with van der Waals surface area (Å²) in [6, 6.07) is 67.9. The van der Waals surface area contributed by atoms with Crippen molar-refractivity contribution in [1.82, 2.24) is 4.98 Å². The summed E-state index contributed by atoms with van der Waals surface area (Å²) in [6.07, 6.45) is 3.80. The van der Waals surface area contributed by atoms with Crippen LogP contribution in [0.5, 0.6) is 0 Å². The molecular weight excluding hydrogens is 667 g/mol. The van der Waals surface area contributed by atoms with Gasteiger partial charge in [0.25, 0.3) is 0 Å². The normalized spacial score (nSPS) is 11.6. The molecule has 0 fully saturated rings. The molecule has 11 rings (SSSR count). The molecule has 9 aromatic carbocycles. The summed E-state index contributed by atoms with van der Waals surface area (Å²) in [5.74, 6) is 0. The molecule has 0 atom stereocenters. The summed E-state index contributed by atoms with van der Waals surface area (Å²) in [6.45, 7) is 0. The lowest BCUT2D eigenvalue weighted by Gasteiger charge is -2.13. The number of fused-ring (bicyclic) bond motifs is 9. The molecule has 0 bridgehead atoms. The molecule has 2 heteroatoms. The standard InChI is InChI=1S/C53H33NO/c1-2-21-45-43(19-1)44-20-3-4-22-46(44)49-31-41(25-26-47(45)49)39-16-9-14-37(29-39)35-12-7-11-34(27-35)36-13-8-15-38(28-36)40-17-10-18-42(30-40)50-32-54-33-51-48-23-5-6-24-52(48)55-53(50)51/h1-33H. The summed E-state index contributed by atoms with van der Waals surface area (Å²) >= 11 is 0. The number of pyridine rings is 1. The fraction of sp³-hybridized carbons (Fsp3) is 0. The smallest absolute Gasteiger partial charge is 0.146 e. The topological polar surface area (TPSA) is 26.0 Å². The molecule has 256 valence electrons. The highest BCUT2D eigenvalue weighted by Gasteiger charge is 2.14. The number of para-hydroxylation sites is 1. The number of nitrogens with zero attached hydrogens (tertiary/aromatic N) is 1. The zero-order chi connectivity index (χ0) is 36.3. The van der Waals surface area contributed by atoms with Gasteiger partial charge in [0, 0.05) is 28.7 Å². The van der Waals surface area contributed by atoms with Crippen LogP contribution in [-0.4, -0.2) is 4.98 Å². The molecule has 2 aromatic heterocycles. The highest BCUT2D eigenvalue weighted by Crippen LogP contribution is 2.39. The zero-order valence-corrected chi connectivity index (χ0v) is 29.9. The van der Waals surface area contributed by atoms with Crippen molar-refractivity contribution in [2.75, 3.05) is 0 Å². The van der Waals surface area contributed by atoms with Crippen molar-refractivity contribution in [2.45, 2.75) is 0 Å². The summed E-state index contributed by atoms with van der Waals surface area (Å²) in [5.41, 5.74) is 13.3. The van der Waals surface area contributed by atoms with E-state index in [4.69, 9.17) is 4.42 Å². The van der Waals surface area contributed by atoms with E-state index in [2.05, 4.69) is 175 Å². The van der Waals surface area contributed by atoms with E-state index in [0.717, 1.165) is 44.2 Å². The van der Waals surface area contributed by atoms with Gasteiger partial charge >= 0.3 is 0 Å². The van der Waals surface area contributed by atoms with Gasteiger partial charge in [0.05, 0.1) is 0 Å². The van der Waals surface area contributed by atoms with E-state index in [9.17, 15) is 0 Å². The van der Waals surface area contributed by atoms with Gasteiger partial charge in [-0.15, -0.1) is 0 Å². The Morgan fingerprint density at radius 1 is 0.273 bits per heavy atom. The van der Waals surface area contributed by atoms with E-state index in [-0.39, 0.29) is 0 Å². The molecule has 2 nitrogen and oxygen atoms in total. The van der Waals surface area contributed by atoms with Crippen LogP contribution in [0.2, 0.25) is 0 Å². The van der Waals surface area contributed by atoms with E-state index in [1.807, 2.05) is 30.6 Å². The van der Waals surface area contributed by atoms with Crippen molar-refractivity contribution in [1.29, 1.82) is 0 Å². The molecule has 0 aliphatic heterocycles. The van der Waals surface area contributed by atoms with Crippen molar-refractivity contribution < 1.29 is 4.42 Å². The molecule has 0 saturated carbocycles.